The van der Waals surface area contributed by atoms with Crippen molar-refractivity contribution in [3.8, 4) is 0 Å². The molecule has 1 atom stereocenters. The highest BCUT2D eigenvalue weighted by Gasteiger charge is 2.24. The Morgan fingerprint density at radius 2 is 1.94 bits per heavy atom. The first kappa shape index (κ1) is 13.8. The molecule has 0 aliphatic carbocycles. The Balaban J connectivity index is 1.73. The van der Waals surface area contributed by atoms with Gasteiger partial charge in [0.1, 0.15) is 0 Å². The van der Waals surface area contributed by atoms with Crippen LogP contribution in [0.15, 0.2) is 5.16 Å². The molecule has 2 fully saturated rings. The third-order valence-corrected chi connectivity index (χ3v) is 4.09. The van der Waals surface area contributed by atoms with E-state index in [4.69, 9.17) is 9.94 Å². The molecule has 0 spiro atoms. The standard InChI is InChI=1S/C13H25N3O2/c1-2-12-11-16(4-3-13(12)14-17)6-5-15-7-9-18-10-8-15/h12,17H,2-11H2,1H3. The van der Waals surface area contributed by atoms with Gasteiger partial charge in [-0.05, 0) is 6.42 Å². The van der Waals surface area contributed by atoms with Crippen LogP contribution in [0.1, 0.15) is 19.8 Å². The number of hydrogen-bond donors (Lipinski definition) is 1. The highest BCUT2D eigenvalue weighted by atomic mass is 16.5. The number of ether oxygens (including phenoxy) is 1. The maximum atomic E-state index is 8.96. The minimum absolute atomic E-state index is 0.438. The molecule has 1 unspecified atom stereocenters. The fourth-order valence-electron chi connectivity index (χ4n) is 2.79. The van der Waals surface area contributed by atoms with E-state index in [0.29, 0.717) is 5.92 Å². The van der Waals surface area contributed by atoms with Crippen molar-refractivity contribution in [2.45, 2.75) is 19.8 Å². The van der Waals surface area contributed by atoms with Crippen molar-refractivity contribution in [2.75, 3.05) is 52.5 Å². The van der Waals surface area contributed by atoms with E-state index in [2.05, 4.69) is 21.9 Å². The number of hydrogen-bond acceptors (Lipinski definition) is 5. The molecule has 0 aromatic rings. The molecule has 0 aromatic heterocycles. The number of oxime groups is 1. The molecular weight excluding hydrogens is 230 g/mol. The predicted octanol–water partition coefficient (Wildman–Crippen LogP) is 0.881. The first-order valence-corrected chi connectivity index (χ1v) is 7.06. The molecule has 2 aliphatic rings. The molecule has 0 bridgehead atoms. The fourth-order valence-corrected chi connectivity index (χ4v) is 2.79. The van der Waals surface area contributed by atoms with Gasteiger partial charge in [0.2, 0.25) is 0 Å². The van der Waals surface area contributed by atoms with Gasteiger partial charge in [0.05, 0.1) is 18.9 Å². The molecule has 2 aliphatic heterocycles. The number of piperidine rings is 1. The molecule has 2 heterocycles. The van der Waals surface area contributed by atoms with Gasteiger partial charge < -0.3 is 14.8 Å². The summed E-state index contributed by atoms with van der Waals surface area (Å²) in [6.07, 6.45) is 1.98. The molecule has 18 heavy (non-hydrogen) atoms. The maximum absolute atomic E-state index is 8.96. The molecule has 0 saturated carbocycles. The Hall–Kier alpha value is -0.650. The summed E-state index contributed by atoms with van der Waals surface area (Å²) in [5.41, 5.74) is 0.986. The molecule has 5 heteroatoms. The summed E-state index contributed by atoms with van der Waals surface area (Å²) >= 11 is 0. The van der Waals surface area contributed by atoms with Crippen molar-refractivity contribution in [3.05, 3.63) is 0 Å². The van der Waals surface area contributed by atoms with Crippen LogP contribution in [0.4, 0.5) is 0 Å². The van der Waals surface area contributed by atoms with Crippen LogP contribution in [0.3, 0.4) is 0 Å². The molecule has 104 valence electrons. The average Bonchev–Trinajstić information content (AvgIpc) is 2.45. The summed E-state index contributed by atoms with van der Waals surface area (Å²) in [7, 11) is 0. The number of likely N-dealkylation sites (tertiary alicyclic amines) is 1. The van der Waals surface area contributed by atoms with Crippen molar-refractivity contribution in [1.29, 1.82) is 0 Å². The minimum Gasteiger partial charge on any atom is -0.411 e. The van der Waals surface area contributed by atoms with Gasteiger partial charge in [-0.15, -0.1) is 0 Å². The maximum Gasteiger partial charge on any atom is 0.0627 e. The summed E-state index contributed by atoms with van der Waals surface area (Å²) in [5, 5.41) is 12.4. The van der Waals surface area contributed by atoms with E-state index < -0.39 is 0 Å². The lowest BCUT2D eigenvalue weighted by Gasteiger charge is -2.35. The molecule has 2 saturated heterocycles. The molecular formula is C13H25N3O2. The number of morpholine rings is 1. The van der Waals surface area contributed by atoms with Gasteiger partial charge in [0.25, 0.3) is 0 Å². The van der Waals surface area contributed by atoms with Gasteiger partial charge in [0.15, 0.2) is 0 Å². The smallest absolute Gasteiger partial charge is 0.0627 e. The van der Waals surface area contributed by atoms with Crippen LogP contribution >= 0.6 is 0 Å². The van der Waals surface area contributed by atoms with Gasteiger partial charge in [-0.3, -0.25) is 4.90 Å². The summed E-state index contributed by atoms with van der Waals surface area (Å²) in [5.74, 6) is 0.438. The first-order valence-electron chi connectivity index (χ1n) is 7.06. The first-order chi connectivity index (χ1) is 8.83. The zero-order valence-corrected chi connectivity index (χ0v) is 11.3. The van der Waals surface area contributed by atoms with E-state index in [1.54, 1.807) is 0 Å². The molecule has 0 radical (unpaired) electrons. The van der Waals surface area contributed by atoms with E-state index in [0.717, 1.165) is 71.0 Å². The van der Waals surface area contributed by atoms with Crippen LogP contribution in [0.25, 0.3) is 0 Å². The molecule has 2 rings (SSSR count). The van der Waals surface area contributed by atoms with Crippen molar-refractivity contribution in [1.82, 2.24) is 9.80 Å². The molecule has 5 nitrogen and oxygen atoms in total. The van der Waals surface area contributed by atoms with Crippen molar-refractivity contribution < 1.29 is 9.94 Å². The molecule has 1 N–H and O–H groups in total. The average molecular weight is 255 g/mol. The van der Waals surface area contributed by atoms with E-state index in [9.17, 15) is 0 Å². The van der Waals surface area contributed by atoms with E-state index in [-0.39, 0.29) is 0 Å². The van der Waals surface area contributed by atoms with Crippen LogP contribution in [0, 0.1) is 5.92 Å². The Morgan fingerprint density at radius 3 is 2.61 bits per heavy atom. The summed E-state index contributed by atoms with van der Waals surface area (Å²) in [6.45, 7) is 10.4. The predicted molar refractivity (Wildman–Crippen MR) is 71.3 cm³/mol. The normalized spacial score (nSPS) is 29.8. The third-order valence-electron chi connectivity index (χ3n) is 4.09. The zero-order valence-electron chi connectivity index (χ0n) is 11.3. The Morgan fingerprint density at radius 1 is 1.22 bits per heavy atom. The largest absolute Gasteiger partial charge is 0.411 e. The second kappa shape index (κ2) is 7.07. The highest BCUT2D eigenvalue weighted by Crippen LogP contribution is 2.17. The lowest BCUT2D eigenvalue weighted by molar-refractivity contribution is 0.0326. The van der Waals surface area contributed by atoms with Gasteiger partial charge in [-0.2, -0.15) is 0 Å². The Labute approximate surface area is 109 Å². The SMILES string of the molecule is CCC1CN(CCN2CCOCC2)CCC1=NO. The second-order valence-electron chi connectivity index (χ2n) is 5.20. The lowest BCUT2D eigenvalue weighted by atomic mass is 9.93. The Bertz CT molecular complexity index is 277. The molecule has 0 amide bonds. The van der Waals surface area contributed by atoms with Crippen LogP contribution in [-0.4, -0.2) is 73.2 Å². The lowest BCUT2D eigenvalue weighted by Crippen LogP contribution is -2.46. The monoisotopic (exact) mass is 255 g/mol. The third kappa shape index (κ3) is 3.67. The fraction of sp³-hybridized carbons (Fsp3) is 0.923. The summed E-state index contributed by atoms with van der Waals surface area (Å²) < 4.78 is 5.36. The van der Waals surface area contributed by atoms with Crippen molar-refractivity contribution in [3.63, 3.8) is 0 Å². The van der Waals surface area contributed by atoms with Crippen molar-refractivity contribution in [2.24, 2.45) is 11.1 Å². The van der Waals surface area contributed by atoms with Crippen LogP contribution in [-0.2, 0) is 4.74 Å². The summed E-state index contributed by atoms with van der Waals surface area (Å²) in [4.78, 5) is 4.97. The van der Waals surface area contributed by atoms with E-state index in [1.165, 1.54) is 0 Å². The molecule has 0 aromatic carbocycles. The van der Waals surface area contributed by atoms with Gasteiger partial charge >= 0.3 is 0 Å². The quantitative estimate of drug-likeness (QED) is 0.598. The highest BCUT2D eigenvalue weighted by molar-refractivity contribution is 5.87. The number of nitrogens with zero attached hydrogens (tertiary/aromatic N) is 3. The van der Waals surface area contributed by atoms with Crippen LogP contribution in [0.5, 0.6) is 0 Å². The minimum atomic E-state index is 0.438. The Kier molecular flexibility index (Phi) is 5.41. The van der Waals surface area contributed by atoms with Crippen molar-refractivity contribution >= 4 is 5.71 Å². The van der Waals surface area contributed by atoms with E-state index in [1.807, 2.05) is 0 Å². The number of rotatable bonds is 4. The topological polar surface area (TPSA) is 48.3 Å². The second-order valence-corrected chi connectivity index (χ2v) is 5.20. The van der Waals surface area contributed by atoms with Crippen LogP contribution in [0.2, 0.25) is 0 Å². The zero-order chi connectivity index (χ0) is 12.8. The van der Waals surface area contributed by atoms with Gasteiger partial charge in [0, 0.05) is 51.6 Å². The van der Waals surface area contributed by atoms with E-state index >= 15 is 0 Å². The van der Waals surface area contributed by atoms with Gasteiger partial charge in [-0.25, -0.2) is 0 Å². The van der Waals surface area contributed by atoms with Gasteiger partial charge in [-0.1, -0.05) is 12.1 Å². The summed E-state index contributed by atoms with van der Waals surface area (Å²) in [6, 6.07) is 0. The van der Waals surface area contributed by atoms with Crippen LogP contribution < -0.4 is 0 Å².